The summed E-state index contributed by atoms with van der Waals surface area (Å²) < 4.78 is 1.92. The molecule has 0 unspecified atom stereocenters. The molecule has 3 aromatic rings. The molecule has 0 amide bonds. The van der Waals surface area contributed by atoms with Crippen molar-refractivity contribution in [3.63, 3.8) is 0 Å². The molecule has 0 aliphatic rings. The fourth-order valence-corrected chi connectivity index (χ4v) is 2.75. The predicted molar refractivity (Wildman–Crippen MR) is 93.6 cm³/mol. The summed E-state index contributed by atoms with van der Waals surface area (Å²) in [6, 6.07) is 12.7. The molecule has 0 spiro atoms. The van der Waals surface area contributed by atoms with E-state index in [0.29, 0.717) is 17.6 Å². The summed E-state index contributed by atoms with van der Waals surface area (Å²) in [7, 11) is 1.96. The number of carbonyl (C=O) groups is 1. The van der Waals surface area contributed by atoms with E-state index in [0.717, 1.165) is 17.5 Å². The van der Waals surface area contributed by atoms with Crippen LogP contribution in [0.3, 0.4) is 0 Å². The maximum Gasteiger partial charge on any atom is 0.270 e. The summed E-state index contributed by atoms with van der Waals surface area (Å²) in [5.41, 5.74) is 3.47. The van der Waals surface area contributed by atoms with Crippen LogP contribution in [-0.2, 0) is 6.67 Å². The molecule has 24 heavy (non-hydrogen) atoms. The lowest BCUT2D eigenvalue weighted by molar-refractivity contribution is -0.384. The minimum absolute atomic E-state index is 0.0183. The molecule has 1 aromatic heterocycles. The van der Waals surface area contributed by atoms with E-state index in [9.17, 15) is 14.9 Å². The second-order valence-corrected chi connectivity index (χ2v) is 5.81. The van der Waals surface area contributed by atoms with E-state index in [-0.39, 0.29) is 5.69 Å². The first-order valence-electron chi connectivity index (χ1n) is 7.50. The van der Waals surface area contributed by atoms with Gasteiger partial charge in [-0.25, -0.2) is 0 Å². The van der Waals surface area contributed by atoms with Crippen molar-refractivity contribution < 1.29 is 9.72 Å². The van der Waals surface area contributed by atoms with E-state index in [2.05, 4.69) is 4.90 Å². The predicted octanol–water partition coefficient (Wildman–Crippen LogP) is 3.76. The molecule has 1 heterocycles. The summed E-state index contributed by atoms with van der Waals surface area (Å²) in [6.45, 7) is 2.57. The minimum atomic E-state index is -0.455. The Labute approximate surface area is 139 Å². The number of aromatic nitrogens is 1. The number of anilines is 1. The van der Waals surface area contributed by atoms with Crippen LogP contribution in [0.5, 0.6) is 0 Å². The molecular weight excluding hydrogens is 306 g/mol. The van der Waals surface area contributed by atoms with Crippen molar-refractivity contribution in [3.8, 4) is 0 Å². The average Bonchev–Trinajstić information content (AvgIpc) is 2.92. The molecule has 0 atom stereocenters. The fraction of sp³-hybridized carbons (Fsp3) is 0.167. The van der Waals surface area contributed by atoms with Crippen LogP contribution in [0.2, 0.25) is 0 Å². The highest BCUT2D eigenvalue weighted by Gasteiger charge is 2.14. The molecule has 2 aromatic carbocycles. The van der Waals surface area contributed by atoms with E-state index in [1.807, 2.05) is 42.8 Å². The lowest BCUT2D eigenvalue weighted by Gasteiger charge is -2.21. The van der Waals surface area contributed by atoms with Crippen molar-refractivity contribution in [2.45, 2.75) is 13.6 Å². The quantitative estimate of drug-likeness (QED) is 0.407. The van der Waals surface area contributed by atoms with Gasteiger partial charge in [-0.05, 0) is 25.1 Å². The Kier molecular flexibility index (Phi) is 4.04. The number of nitro groups is 1. The van der Waals surface area contributed by atoms with E-state index in [4.69, 9.17) is 0 Å². The van der Waals surface area contributed by atoms with Gasteiger partial charge >= 0.3 is 0 Å². The number of aryl methyl sites for hydroxylation is 1. The topological polar surface area (TPSA) is 68.4 Å². The smallest absolute Gasteiger partial charge is 0.270 e. The minimum Gasteiger partial charge on any atom is -0.357 e. The summed E-state index contributed by atoms with van der Waals surface area (Å²) in [4.78, 5) is 23.9. The van der Waals surface area contributed by atoms with E-state index in [1.54, 1.807) is 12.3 Å². The van der Waals surface area contributed by atoms with Crippen molar-refractivity contribution >= 4 is 28.6 Å². The van der Waals surface area contributed by atoms with Gasteiger partial charge in [0.05, 0.1) is 17.1 Å². The summed E-state index contributed by atoms with van der Waals surface area (Å²) in [5.74, 6) is 0. The monoisotopic (exact) mass is 323 g/mol. The maximum atomic E-state index is 11.3. The van der Waals surface area contributed by atoms with Gasteiger partial charge in [-0.15, -0.1) is 0 Å². The van der Waals surface area contributed by atoms with Crippen LogP contribution in [0.15, 0.2) is 48.7 Å². The molecule has 0 aliphatic carbocycles. The van der Waals surface area contributed by atoms with Crippen LogP contribution in [0.25, 0.3) is 10.9 Å². The van der Waals surface area contributed by atoms with Gasteiger partial charge in [-0.3, -0.25) is 14.9 Å². The van der Waals surface area contributed by atoms with Gasteiger partial charge < -0.3 is 9.47 Å². The van der Waals surface area contributed by atoms with E-state index >= 15 is 0 Å². The van der Waals surface area contributed by atoms with Crippen molar-refractivity contribution in [3.05, 3.63) is 69.9 Å². The number of benzene rings is 2. The first-order valence-corrected chi connectivity index (χ1v) is 7.50. The van der Waals surface area contributed by atoms with Gasteiger partial charge in [-0.1, -0.05) is 17.7 Å². The standard InChI is InChI=1S/C18H17N3O3/c1-13-3-5-15(6-4-13)19(2)12-20-10-14(11-22)17-9-16(21(23)24)7-8-18(17)20/h3-11H,12H2,1-2H3. The van der Waals surface area contributed by atoms with Crippen molar-refractivity contribution in [1.29, 1.82) is 0 Å². The normalized spacial score (nSPS) is 10.8. The molecule has 6 nitrogen and oxygen atoms in total. The number of nitro benzene ring substituents is 1. The van der Waals surface area contributed by atoms with Gasteiger partial charge in [-0.2, -0.15) is 0 Å². The molecule has 0 N–H and O–H groups in total. The van der Waals surface area contributed by atoms with E-state index in [1.165, 1.54) is 17.7 Å². The molecule has 0 saturated carbocycles. The highest BCUT2D eigenvalue weighted by molar-refractivity contribution is 5.98. The number of hydrogen-bond donors (Lipinski definition) is 0. The molecule has 3 rings (SSSR count). The molecule has 0 bridgehead atoms. The van der Waals surface area contributed by atoms with Gasteiger partial charge in [0.2, 0.25) is 0 Å². The zero-order chi connectivity index (χ0) is 17.3. The third kappa shape index (κ3) is 2.86. The molecule has 0 fully saturated rings. The Balaban J connectivity index is 1.98. The summed E-state index contributed by atoms with van der Waals surface area (Å²) in [6.07, 6.45) is 2.46. The number of carbonyl (C=O) groups excluding carboxylic acids is 1. The van der Waals surface area contributed by atoms with Gasteiger partial charge in [0.1, 0.15) is 0 Å². The first-order chi connectivity index (χ1) is 11.5. The molecule has 122 valence electrons. The second kappa shape index (κ2) is 6.16. The Morgan fingerprint density at radius 1 is 1.21 bits per heavy atom. The Morgan fingerprint density at radius 3 is 2.54 bits per heavy atom. The third-order valence-corrected chi connectivity index (χ3v) is 4.07. The largest absolute Gasteiger partial charge is 0.357 e. The van der Waals surface area contributed by atoms with Crippen molar-refractivity contribution in [2.24, 2.45) is 0 Å². The van der Waals surface area contributed by atoms with Gasteiger partial charge in [0.15, 0.2) is 6.29 Å². The summed E-state index contributed by atoms with van der Waals surface area (Å²) in [5, 5.41) is 11.5. The SMILES string of the molecule is Cc1ccc(N(C)Cn2cc(C=O)c3cc([N+](=O)[O-])ccc32)cc1. The number of non-ortho nitro benzene ring substituents is 1. The third-order valence-electron chi connectivity index (χ3n) is 4.07. The lowest BCUT2D eigenvalue weighted by atomic mass is 10.2. The average molecular weight is 323 g/mol. The first kappa shape index (κ1) is 15.7. The number of rotatable bonds is 5. The van der Waals surface area contributed by atoms with Crippen LogP contribution < -0.4 is 4.90 Å². The lowest BCUT2D eigenvalue weighted by Crippen LogP contribution is -2.20. The highest BCUT2D eigenvalue weighted by atomic mass is 16.6. The zero-order valence-electron chi connectivity index (χ0n) is 13.5. The fourth-order valence-electron chi connectivity index (χ4n) is 2.75. The Bertz CT molecular complexity index is 913. The van der Waals surface area contributed by atoms with Gasteiger partial charge in [0.25, 0.3) is 5.69 Å². The van der Waals surface area contributed by atoms with Crippen LogP contribution in [0.4, 0.5) is 11.4 Å². The molecule has 0 radical (unpaired) electrons. The Morgan fingerprint density at radius 2 is 1.92 bits per heavy atom. The number of fused-ring (bicyclic) bond motifs is 1. The van der Waals surface area contributed by atoms with Crippen LogP contribution >= 0.6 is 0 Å². The molecule has 0 saturated heterocycles. The van der Waals surface area contributed by atoms with Crippen LogP contribution in [-0.4, -0.2) is 22.8 Å². The van der Waals surface area contributed by atoms with Crippen molar-refractivity contribution in [1.82, 2.24) is 4.57 Å². The highest BCUT2D eigenvalue weighted by Crippen LogP contribution is 2.26. The van der Waals surface area contributed by atoms with Gasteiger partial charge in [0, 0.05) is 42.0 Å². The number of aldehydes is 1. The summed E-state index contributed by atoms with van der Waals surface area (Å²) >= 11 is 0. The van der Waals surface area contributed by atoms with Crippen LogP contribution in [0.1, 0.15) is 15.9 Å². The molecule has 6 heteroatoms. The molecule has 0 aliphatic heterocycles. The zero-order valence-corrected chi connectivity index (χ0v) is 13.5. The Hall–Kier alpha value is -3.15. The number of nitrogens with zero attached hydrogens (tertiary/aromatic N) is 3. The number of hydrogen-bond acceptors (Lipinski definition) is 4. The molecular formula is C18H17N3O3. The van der Waals surface area contributed by atoms with Crippen molar-refractivity contribution in [2.75, 3.05) is 11.9 Å². The van der Waals surface area contributed by atoms with Crippen LogP contribution in [0, 0.1) is 17.0 Å². The van der Waals surface area contributed by atoms with E-state index < -0.39 is 4.92 Å². The maximum absolute atomic E-state index is 11.3. The second-order valence-electron chi connectivity index (χ2n) is 5.81.